The van der Waals surface area contributed by atoms with Crippen molar-refractivity contribution in [3.8, 4) is 5.75 Å². The lowest BCUT2D eigenvalue weighted by molar-refractivity contribution is -0.131. The molecule has 0 aliphatic heterocycles. The minimum Gasteiger partial charge on any atom is -0.443 e. The van der Waals surface area contributed by atoms with E-state index in [4.69, 9.17) is 21.1 Å². The third-order valence-electron chi connectivity index (χ3n) is 4.22. The molecule has 7 heteroatoms. The Labute approximate surface area is 179 Å². The number of nitrogens with zero attached hydrogens (tertiary/aromatic N) is 1. The van der Waals surface area contributed by atoms with E-state index in [1.54, 1.807) is 57.2 Å². The maximum Gasteiger partial charge on any atom is 0.419 e. The molecule has 0 spiro atoms. The highest BCUT2D eigenvalue weighted by Crippen LogP contribution is 2.36. The van der Waals surface area contributed by atoms with Crippen molar-refractivity contribution in [1.29, 1.82) is 0 Å². The standard InChI is InChI=1S/C23H22ClNO5/c1-13-6-11-17-18(12-13)25(22(28)30-23(3,4)5)19(21(17)29-14(2)26)20(27)15-7-9-16(24)10-8-15/h6-12H,1-5H3. The van der Waals surface area contributed by atoms with Gasteiger partial charge in [0.15, 0.2) is 5.75 Å². The van der Waals surface area contributed by atoms with Gasteiger partial charge in [-0.25, -0.2) is 9.36 Å². The molecule has 0 radical (unpaired) electrons. The van der Waals surface area contributed by atoms with Gasteiger partial charge in [-0.2, -0.15) is 0 Å². The summed E-state index contributed by atoms with van der Waals surface area (Å²) in [5.74, 6) is -1.09. The largest absolute Gasteiger partial charge is 0.443 e. The first-order chi connectivity index (χ1) is 14.0. The number of fused-ring (bicyclic) bond motifs is 1. The van der Waals surface area contributed by atoms with Crippen molar-refractivity contribution >= 4 is 40.3 Å². The van der Waals surface area contributed by atoms with Crippen molar-refractivity contribution < 1.29 is 23.9 Å². The van der Waals surface area contributed by atoms with Crippen LogP contribution in [0.4, 0.5) is 4.79 Å². The van der Waals surface area contributed by atoms with Crippen LogP contribution in [0.25, 0.3) is 10.9 Å². The average Bonchev–Trinajstić information content (AvgIpc) is 2.93. The Balaban J connectivity index is 2.34. The van der Waals surface area contributed by atoms with Gasteiger partial charge in [-0.15, -0.1) is 0 Å². The minimum absolute atomic E-state index is 0.0170. The second kappa shape index (κ2) is 7.95. The van der Waals surface area contributed by atoms with Crippen LogP contribution in [-0.4, -0.2) is 28.0 Å². The molecular formula is C23H22ClNO5. The summed E-state index contributed by atoms with van der Waals surface area (Å²) in [5.41, 5.74) is 0.696. The fourth-order valence-electron chi connectivity index (χ4n) is 3.06. The Morgan fingerprint density at radius 2 is 1.63 bits per heavy atom. The van der Waals surface area contributed by atoms with E-state index in [2.05, 4.69) is 0 Å². The summed E-state index contributed by atoms with van der Waals surface area (Å²) in [4.78, 5) is 38.4. The molecule has 0 bridgehead atoms. The maximum atomic E-state index is 13.4. The Hall–Kier alpha value is -3.12. The van der Waals surface area contributed by atoms with Crippen LogP contribution in [0.3, 0.4) is 0 Å². The highest BCUT2D eigenvalue weighted by molar-refractivity contribution is 6.30. The van der Waals surface area contributed by atoms with Gasteiger partial charge < -0.3 is 9.47 Å². The maximum absolute atomic E-state index is 13.4. The zero-order valence-electron chi connectivity index (χ0n) is 17.4. The summed E-state index contributed by atoms with van der Waals surface area (Å²) in [6.07, 6.45) is -0.742. The highest BCUT2D eigenvalue weighted by atomic mass is 35.5. The topological polar surface area (TPSA) is 74.6 Å². The van der Waals surface area contributed by atoms with Crippen molar-refractivity contribution in [2.75, 3.05) is 0 Å². The first kappa shape index (κ1) is 21.6. The number of ether oxygens (including phenoxy) is 2. The molecule has 0 unspecified atom stereocenters. The van der Waals surface area contributed by atoms with Crippen molar-refractivity contribution in [3.63, 3.8) is 0 Å². The quantitative estimate of drug-likeness (QED) is 0.405. The van der Waals surface area contributed by atoms with Crippen molar-refractivity contribution in [1.82, 2.24) is 4.57 Å². The molecule has 0 aliphatic carbocycles. The Morgan fingerprint density at radius 1 is 1.00 bits per heavy atom. The molecule has 2 aromatic carbocycles. The van der Waals surface area contributed by atoms with E-state index in [9.17, 15) is 14.4 Å². The molecule has 0 amide bonds. The lowest BCUT2D eigenvalue weighted by atomic mass is 10.1. The van der Waals surface area contributed by atoms with Crippen molar-refractivity contribution in [2.45, 2.75) is 40.2 Å². The number of ketones is 1. The second-order valence-electron chi connectivity index (χ2n) is 7.94. The van der Waals surface area contributed by atoms with E-state index in [1.165, 1.54) is 11.5 Å². The third kappa shape index (κ3) is 4.39. The van der Waals surface area contributed by atoms with E-state index in [-0.39, 0.29) is 17.0 Å². The van der Waals surface area contributed by atoms with Crippen LogP contribution in [-0.2, 0) is 9.53 Å². The molecule has 0 N–H and O–H groups in total. The number of benzene rings is 2. The molecule has 0 atom stereocenters. The highest BCUT2D eigenvalue weighted by Gasteiger charge is 2.31. The van der Waals surface area contributed by atoms with Gasteiger partial charge in [0.2, 0.25) is 5.78 Å². The van der Waals surface area contributed by atoms with E-state index in [0.29, 0.717) is 15.9 Å². The number of hydrogen-bond donors (Lipinski definition) is 0. The minimum atomic E-state index is -0.792. The number of carbonyl (C=O) groups is 3. The summed E-state index contributed by atoms with van der Waals surface area (Å²) in [6.45, 7) is 8.29. The fourth-order valence-corrected chi connectivity index (χ4v) is 3.18. The van der Waals surface area contributed by atoms with E-state index >= 15 is 0 Å². The van der Waals surface area contributed by atoms with Crippen LogP contribution in [0.1, 0.15) is 49.3 Å². The van der Waals surface area contributed by atoms with Crippen LogP contribution in [0, 0.1) is 6.92 Å². The number of aryl methyl sites for hydroxylation is 1. The second-order valence-corrected chi connectivity index (χ2v) is 8.38. The molecule has 156 valence electrons. The van der Waals surface area contributed by atoms with Crippen molar-refractivity contribution in [3.05, 3.63) is 64.3 Å². The molecule has 1 heterocycles. The summed E-state index contributed by atoms with van der Waals surface area (Å²) < 4.78 is 12.1. The van der Waals surface area contributed by atoms with Gasteiger partial charge >= 0.3 is 12.1 Å². The first-order valence-corrected chi connectivity index (χ1v) is 9.73. The SMILES string of the molecule is CC(=O)Oc1c(C(=O)c2ccc(Cl)cc2)n(C(=O)OC(C)(C)C)c2cc(C)ccc12. The lowest BCUT2D eigenvalue weighted by Crippen LogP contribution is -2.29. The van der Waals surface area contributed by atoms with Crippen LogP contribution in [0.15, 0.2) is 42.5 Å². The molecule has 3 rings (SSSR count). The van der Waals surface area contributed by atoms with Gasteiger partial charge in [-0.05, 0) is 69.7 Å². The fraction of sp³-hybridized carbons (Fsp3) is 0.261. The molecule has 30 heavy (non-hydrogen) atoms. The number of esters is 1. The van der Waals surface area contributed by atoms with Gasteiger partial charge in [0, 0.05) is 22.9 Å². The van der Waals surface area contributed by atoms with E-state index in [0.717, 1.165) is 5.56 Å². The predicted molar refractivity (Wildman–Crippen MR) is 115 cm³/mol. The molecular weight excluding hydrogens is 406 g/mol. The molecule has 1 aromatic heterocycles. The van der Waals surface area contributed by atoms with Crippen LogP contribution in [0.2, 0.25) is 5.02 Å². The van der Waals surface area contributed by atoms with Gasteiger partial charge in [0.25, 0.3) is 0 Å². The smallest absolute Gasteiger partial charge is 0.419 e. The van der Waals surface area contributed by atoms with E-state index < -0.39 is 23.4 Å². The number of hydrogen-bond acceptors (Lipinski definition) is 5. The number of rotatable bonds is 3. The van der Waals surface area contributed by atoms with Gasteiger partial charge in [0.05, 0.1) is 5.52 Å². The zero-order valence-corrected chi connectivity index (χ0v) is 18.2. The summed E-state index contributed by atoms with van der Waals surface area (Å²) in [5, 5.41) is 0.925. The Bertz CT molecular complexity index is 1150. The van der Waals surface area contributed by atoms with Crippen molar-refractivity contribution in [2.24, 2.45) is 0 Å². The molecule has 0 saturated carbocycles. The Morgan fingerprint density at radius 3 is 2.20 bits per heavy atom. The van der Waals surface area contributed by atoms with Crippen LogP contribution >= 0.6 is 11.6 Å². The number of aromatic nitrogens is 1. The average molecular weight is 428 g/mol. The molecule has 0 fully saturated rings. The normalized spacial score (nSPS) is 11.4. The monoisotopic (exact) mass is 427 g/mol. The van der Waals surface area contributed by atoms with Crippen LogP contribution < -0.4 is 4.74 Å². The number of carbonyl (C=O) groups excluding carboxylic acids is 3. The molecule has 6 nitrogen and oxygen atoms in total. The molecule has 3 aromatic rings. The number of halogens is 1. The first-order valence-electron chi connectivity index (χ1n) is 9.35. The van der Waals surface area contributed by atoms with Crippen LogP contribution in [0.5, 0.6) is 5.75 Å². The summed E-state index contributed by atoms with van der Waals surface area (Å²) in [6, 6.07) is 11.5. The van der Waals surface area contributed by atoms with Gasteiger partial charge in [0.1, 0.15) is 11.3 Å². The Kier molecular flexibility index (Phi) is 5.72. The molecule has 0 aliphatic rings. The lowest BCUT2D eigenvalue weighted by Gasteiger charge is -2.21. The van der Waals surface area contributed by atoms with Gasteiger partial charge in [-0.3, -0.25) is 9.59 Å². The van der Waals surface area contributed by atoms with Gasteiger partial charge in [-0.1, -0.05) is 17.7 Å². The zero-order chi connectivity index (χ0) is 22.2. The third-order valence-corrected chi connectivity index (χ3v) is 4.47. The summed E-state index contributed by atoms with van der Waals surface area (Å²) in [7, 11) is 0. The predicted octanol–water partition coefficient (Wildman–Crippen LogP) is 5.54. The molecule has 0 saturated heterocycles. The summed E-state index contributed by atoms with van der Waals surface area (Å²) >= 11 is 5.94. The van der Waals surface area contributed by atoms with E-state index in [1.807, 2.05) is 13.0 Å².